The van der Waals surface area contributed by atoms with Crippen LogP contribution in [0.4, 0.5) is 0 Å². The van der Waals surface area contributed by atoms with E-state index in [0.717, 1.165) is 5.56 Å². The van der Waals surface area contributed by atoms with Crippen molar-refractivity contribution < 1.29 is 4.84 Å². The fraction of sp³-hybridized carbons (Fsp3) is 0.200. The maximum Gasteiger partial charge on any atom is 0.0943 e. The molecule has 2 heteroatoms. The van der Waals surface area contributed by atoms with Crippen LogP contribution in [0.5, 0.6) is 0 Å². The third-order valence-corrected chi connectivity index (χ3v) is 1.57. The summed E-state index contributed by atoms with van der Waals surface area (Å²) < 4.78 is 0. The molecule has 0 fully saturated rings. The Morgan fingerprint density at radius 1 is 1.33 bits per heavy atom. The topological polar surface area (TPSA) is 35.2 Å². The van der Waals surface area contributed by atoms with Crippen molar-refractivity contribution in [2.75, 3.05) is 0 Å². The van der Waals surface area contributed by atoms with E-state index < -0.39 is 0 Å². The van der Waals surface area contributed by atoms with Crippen LogP contribution in [-0.4, -0.2) is 6.10 Å². The number of rotatable bonds is 3. The van der Waals surface area contributed by atoms with Gasteiger partial charge in [0.25, 0.3) is 0 Å². The molecule has 12 heavy (non-hydrogen) atoms. The third-order valence-electron chi connectivity index (χ3n) is 1.57. The first-order valence-electron chi connectivity index (χ1n) is 3.91. The molecule has 2 nitrogen and oxygen atoms in total. The Balaban J connectivity index is 2.58. The van der Waals surface area contributed by atoms with E-state index >= 15 is 0 Å². The van der Waals surface area contributed by atoms with Crippen molar-refractivity contribution in [2.45, 2.75) is 13.0 Å². The summed E-state index contributed by atoms with van der Waals surface area (Å²) in [4.78, 5) is 4.59. The summed E-state index contributed by atoms with van der Waals surface area (Å²) in [5.74, 6) is 4.98. The summed E-state index contributed by atoms with van der Waals surface area (Å²) in [6.07, 6.45) is 3.86. The molecule has 2 N–H and O–H groups in total. The number of nitrogens with two attached hydrogens (primary N) is 1. The lowest BCUT2D eigenvalue weighted by atomic mass is 10.2. The minimum atomic E-state index is -0.0368. The molecule has 0 aliphatic heterocycles. The molecule has 1 rings (SSSR count). The monoisotopic (exact) mass is 163 g/mol. The average molecular weight is 163 g/mol. The highest BCUT2D eigenvalue weighted by Crippen LogP contribution is 2.02. The van der Waals surface area contributed by atoms with Crippen molar-refractivity contribution in [3.8, 4) is 0 Å². The molecule has 0 bridgehead atoms. The van der Waals surface area contributed by atoms with E-state index in [0.29, 0.717) is 0 Å². The van der Waals surface area contributed by atoms with E-state index in [4.69, 9.17) is 5.90 Å². The van der Waals surface area contributed by atoms with Crippen LogP contribution in [0, 0.1) is 0 Å². The molecule has 1 aromatic rings. The highest BCUT2D eigenvalue weighted by atomic mass is 16.6. The Kier molecular flexibility index (Phi) is 3.51. The van der Waals surface area contributed by atoms with Gasteiger partial charge in [0.05, 0.1) is 6.10 Å². The first-order valence-corrected chi connectivity index (χ1v) is 3.91. The van der Waals surface area contributed by atoms with Crippen LogP contribution >= 0.6 is 0 Å². The van der Waals surface area contributed by atoms with Gasteiger partial charge < -0.3 is 0 Å². The fourth-order valence-corrected chi connectivity index (χ4v) is 0.856. The number of benzene rings is 1. The molecule has 0 amide bonds. The molecular formula is C10H13NO. The van der Waals surface area contributed by atoms with Crippen LogP contribution in [0.1, 0.15) is 12.5 Å². The Bertz CT molecular complexity index is 243. The van der Waals surface area contributed by atoms with E-state index in [1.165, 1.54) is 0 Å². The van der Waals surface area contributed by atoms with Gasteiger partial charge in [-0.2, -0.15) is 0 Å². The van der Waals surface area contributed by atoms with Crippen molar-refractivity contribution in [1.82, 2.24) is 0 Å². The second kappa shape index (κ2) is 4.70. The summed E-state index contributed by atoms with van der Waals surface area (Å²) in [5, 5.41) is 0. The van der Waals surface area contributed by atoms with Gasteiger partial charge in [-0.1, -0.05) is 42.5 Å². The van der Waals surface area contributed by atoms with Gasteiger partial charge in [0.1, 0.15) is 0 Å². The van der Waals surface area contributed by atoms with Crippen LogP contribution in [0.3, 0.4) is 0 Å². The van der Waals surface area contributed by atoms with E-state index in [-0.39, 0.29) is 6.10 Å². The van der Waals surface area contributed by atoms with Crippen LogP contribution < -0.4 is 5.90 Å². The Hall–Kier alpha value is -1.12. The van der Waals surface area contributed by atoms with Crippen LogP contribution in [0.2, 0.25) is 0 Å². The molecule has 1 unspecified atom stereocenters. The van der Waals surface area contributed by atoms with Gasteiger partial charge in [0.2, 0.25) is 0 Å². The summed E-state index contributed by atoms with van der Waals surface area (Å²) in [6, 6.07) is 10.0. The summed E-state index contributed by atoms with van der Waals surface area (Å²) in [6.45, 7) is 1.89. The van der Waals surface area contributed by atoms with E-state index in [2.05, 4.69) is 4.84 Å². The lowest BCUT2D eigenvalue weighted by Gasteiger charge is -2.00. The zero-order valence-electron chi connectivity index (χ0n) is 7.10. The highest BCUT2D eigenvalue weighted by Gasteiger charge is 1.90. The highest BCUT2D eigenvalue weighted by molar-refractivity contribution is 5.49. The van der Waals surface area contributed by atoms with Crippen molar-refractivity contribution >= 4 is 6.08 Å². The summed E-state index contributed by atoms with van der Waals surface area (Å²) >= 11 is 0. The average Bonchev–Trinajstić information content (AvgIpc) is 2.16. The van der Waals surface area contributed by atoms with Crippen LogP contribution in [-0.2, 0) is 4.84 Å². The van der Waals surface area contributed by atoms with Gasteiger partial charge in [-0.05, 0) is 12.5 Å². The summed E-state index contributed by atoms with van der Waals surface area (Å²) in [5.41, 5.74) is 1.15. The fourth-order valence-electron chi connectivity index (χ4n) is 0.856. The maximum atomic E-state index is 4.98. The largest absolute Gasteiger partial charge is 0.297 e. The molecule has 0 aliphatic rings. The van der Waals surface area contributed by atoms with Gasteiger partial charge in [-0.15, -0.1) is 0 Å². The van der Waals surface area contributed by atoms with E-state index in [9.17, 15) is 0 Å². The molecular weight excluding hydrogens is 150 g/mol. The Morgan fingerprint density at radius 3 is 2.58 bits per heavy atom. The second-order valence-corrected chi connectivity index (χ2v) is 2.61. The van der Waals surface area contributed by atoms with E-state index in [1.54, 1.807) is 0 Å². The Morgan fingerprint density at radius 2 is 2.00 bits per heavy atom. The van der Waals surface area contributed by atoms with Crippen LogP contribution in [0.25, 0.3) is 6.08 Å². The zero-order chi connectivity index (χ0) is 8.81. The normalized spacial score (nSPS) is 13.5. The van der Waals surface area contributed by atoms with Crippen molar-refractivity contribution in [2.24, 2.45) is 5.90 Å². The van der Waals surface area contributed by atoms with Crippen molar-refractivity contribution in [3.63, 3.8) is 0 Å². The zero-order valence-corrected chi connectivity index (χ0v) is 7.10. The van der Waals surface area contributed by atoms with Gasteiger partial charge in [0.15, 0.2) is 0 Å². The van der Waals surface area contributed by atoms with Gasteiger partial charge in [-0.3, -0.25) is 4.84 Å². The Labute approximate surface area is 72.6 Å². The van der Waals surface area contributed by atoms with Crippen LogP contribution in [0.15, 0.2) is 36.4 Å². The van der Waals surface area contributed by atoms with Gasteiger partial charge in [0, 0.05) is 0 Å². The first-order chi connectivity index (χ1) is 5.83. The molecule has 0 radical (unpaired) electrons. The number of hydrogen-bond donors (Lipinski definition) is 1. The lowest BCUT2D eigenvalue weighted by molar-refractivity contribution is 0.1000. The number of hydrogen-bond acceptors (Lipinski definition) is 2. The van der Waals surface area contributed by atoms with E-state index in [1.807, 2.05) is 49.4 Å². The SMILES string of the molecule is CC(/C=C/c1ccccc1)ON. The molecule has 0 spiro atoms. The molecule has 0 aliphatic carbocycles. The second-order valence-electron chi connectivity index (χ2n) is 2.61. The molecule has 1 aromatic carbocycles. The minimum absolute atomic E-state index is 0.0368. The molecule has 0 heterocycles. The molecule has 0 saturated carbocycles. The predicted octanol–water partition coefficient (Wildman–Crippen LogP) is 1.98. The first kappa shape index (κ1) is 8.97. The quantitative estimate of drug-likeness (QED) is 0.691. The molecule has 0 aromatic heterocycles. The molecule has 1 atom stereocenters. The van der Waals surface area contributed by atoms with Crippen molar-refractivity contribution in [1.29, 1.82) is 0 Å². The standard InChI is InChI=1S/C10H13NO/c1-9(12-11)7-8-10-5-3-2-4-6-10/h2-9H,11H2,1H3/b8-7+. The third kappa shape index (κ3) is 2.86. The summed E-state index contributed by atoms with van der Waals surface area (Å²) in [7, 11) is 0. The minimum Gasteiger partial charge on any atom is -0.297 e. The van der Waals surface area contributed by atoms with Crippen molar-refractivity contribution in [3.05, 3.63) is 42.0 Å². The smallest absolute Gasteiger partial charge is 0.0943 e. The maximum absolute atomic E-state index is 4.98. The molecule has 0 saturated heterocycles. The van der Waals surface area contributed by atoms with Gasteiger partial charge >= 0.3 is 0 Å². The lowest BCUT2D eigenvalue weighted by Crippen LogP contribution is -2.09. The van der Waals surface area contributed by atoms with Gasteiger partial charge in [-0.25, -0.2) is 5.90 Å². The predicted molar refractivity (Wildman–Crippen MR) is 50.2 cm³/mol. The molecule has 64 valence electrons.